The molecule has 0 aliphatic carbocycles. The van der Waals surface area contributed by atoms with Crippen LogP contribution in [0.1, 0.15) is 42.2 Å². The second-order valence-corrected chi connectivity index (χ2v) is 5.03. The molecule has 0 spiro atoms. The summed E-state index contributed by atoms with van der Waals surface area (Å²) in [5, 5.41) is 9.24. The van der Waals surface area contributed by atoms with E-state index in [2.05, 4.69) is 11.9 Å². The fraction of sp³-hybridized carbons (Fsp3) is 0.294. The summed E-state index contributed by atoms with van der Waals surface area (Å²) >= 11 is 0. The maximum atomic E-state index is 12.1. The number of carbonyl (C=O) groups is 1. The molecule has 0 radical (unpaired) electrons. The molecule has 0 fully saturated rings. The van der Waals surface area contributed by atoms with Crippen LogP contribution in [0.2, 0.25) is 0 Å². The van der Waals surface area contributed by atoms with Gasteiger partial charge in [0.2, 0.25) is 0 Å². The van der Waals surface area contributed by atoms with E-state index in [9.17, 15) is 14.7 Å². The van der Waals surface area contributed by atoms with E-state index in [1.54, 1.807) is 0 Å². The number of aromatic carboxylic acids is 1. The number of carboxylic acids is 1. The van der Waals surface area contributed by atoms with E-state index in [0.29, 0.717) is 17.8 Å². The number of aromatic nitrogens is 1. The van der Waals surface area contributed by atoms with Gasteiger partial charge in [-0.1, -0.05) is 50.1 Å². The van der Waals surface area contributed by atoms with E-state index in [-0.39, 0.29) is 5.56 Å². The van der Waals surface area contributed by atoms with Gasteiger partial charge >= 0.3 is 5.97 Å². The van der Waals surface area contributed by atoms with Gasteiger partial charge in [0.05, 0.1) is 0 Å². The molecule has 4 nitrogen and oxygen atoms in total. The van der Waals surface area contributed by atoms with Crippen molar-refractivity contribution < 1.29 is 9.90 Å². The molecule has 0 bridgehead atoms. The average Bonchev–Trinajstić information content (AvgIpc) is 2.47. The van der Waals surface area contributed by atoms with Crippen LogP contribution < -0.4 is 5.43 Å². The zero-order valence-electron chi connectivity index (χ0n) is 12.1. The van der Waals surface area contributed by atoms with Gasteiger partial charge in [-0.2, -0.15) is 0 Å². The highest BCUT2D eigenvalue weighted by molar-refractivity contribution is 5.89. The fourth-order valence-electron chi connectivity index (χ4n) is 2.36. The van der Waals surface area contributed by atoms with E-state index in [4.69, 9.17) is 0 Å². The summed E-state index contributed by atoms with van der Waals surface area (Å²) in [6.07, 6.45) is 3.50. The number of rotatable bonds is 6. The molecule has 0 saturated heterocycles. The van der Waals surface area contributed by atoms with Gasteiger partial charge in [-0.3, -0.25) is 4.79 Å². The van der Waals surface area contributed by atoms with E-state index >= 15 is 0 Å². The summed E-state index contributed by atoms with van der Waals surface area (Å²) in [6, 6.07) is 10.8. The first kappa shape index (κ1) is 15.0. The molecule has 1 heterocycles. The van der Waals surface area contributed by atoms with Gasteiger partial charge in [-0.15, -0.1) is 0 Å². The number of aromatic amines is 1. The molecule has 2 N–H and O–H groups in total. The third-order valence-electron chi connectivity index (χ3n) is 3.44. The second kappa shape index (κ2) is 6.88. The maximum Gasteiger partial charge on any atom is 0.341 e. The monoisotopic (exact) mass is 285 g/mol. The van der Waals surface area contributed by atoms with Crippen LogP contribution in [0.5, 0.6) is 0 Å². The van der Waals surface area contributed by atoms with Crippen molar-refractivity contribution >= 4 is 5.97 Å². The van der Waals surface area contributed by atoms with Crippen LogP contribution in [0.25, 0.3) is 11.3 Å². The zero-order valence-corrected chi connectivity index (χ0v) is 12.1. The smallest absolute Gasteiger partial charge is 0.341 e. The lowest BCUT2D eigenvalue weighted by atomic mass is 10.0. The second-order valence-electron chi connectivity index (χ2n) is 5.03. The number of benzene rings is 1. The number of hydrogen-bond acceptors (Lipinski definition) is 2. The molecule has 0 amide bonds. The van der Waals surface area contributed by atoms with Crippen molar-refractivity contribution in [3.8, 4) is 11.3 Å². The van der Waals surface area contributed by atoms with Gasteiger partial charge in [0.25, 0.3) is 0 Å². The van der Waals surface area contributed by atoms with E-state index < -0.39 is 11.4 Å². The summed E-state index contributed by atoms with van der Waals surface area (Å²) in [7, 11) is 0. The Bertz CT molecular complexity index is 674. The van der Waals surface area contributed by atoms with Gasteiger partial charge in [0.1, 0.15) is 5.56 Å². The minimum Gasteiger partial charge on any atom is -0.477 e. The lowest BCUT2D eigenvalue weighted by Crippen LogP contribution is -2.19. The number of unbranched alkanes of at least 4 members (excludes halogenated alkanes) is 2. The van der Waals surface area contributed by atoms with Crippen LogP contribution in [-0.2, 0) is 6.42 Å². The van der Waals surface area contributed by atoms with Crippen molar-refractivity contribution in [1.82, 2.24) is 4.98 Å². The molecule has 2 aromatic rings. The lowest BCUT2D eigenvalue weighted by molar-refractivity contribution is 0.0693. The van der Waals surface area contributed by atoms with Crippen LogP contribution in [-0.4, -0.2) is 16.1 Å². The van der Waals surface area contributed by atoms with Crippen LogP contribution in [0.15, 0.2) is 41.2 Å². The minimum absolute atomic E-state index is 0.134. The Morgan fingerprint density at radius 1 is 1.19 bits per heavy atom. The first-order valence-electron chi connectivity index (χ1n) is 7.18. The van der Waals surface area contributed by atoms with Crippen LogP contribution >= 0.6 is 0 Å². The van der Waals surface area contributed by atoms with E-state index in [1.807, 2.05) is 30.3 Å². The Balaban J connectivity index is 2.46. The van der Waals surface area contributed by atoms with Gasteiger partial charge in [0, 0.05) is 17.5 Å². The highest BCUT2D eigenvalue weighted by atomic mass is 16.4. The highest BCUT2D eigenvalue weighted by Gasteiger charge is 2.16. The molecule has 0 atom stereocenters. The first-order chi connectivity index (χ1) is 10.1. The molecule has 1 aromatic heterocycles. The summed E-state index contributed by atoms with van der Waals surface area (Å²) < 4.78 is 0. The number of nitrogens with one attached hydrogen (secondary N) is 1. The molecule has 21 heavy (non-hydrogen) atoms. The third-order valence-corrected chi connectivity index (χ3v) is 3.44. The molecule has 0 unspecified atom stereocenters. The van der Waals surface area contributed by atoms with E-state index in [1.165, 1.54) is 6.07 Å². The van der Waals surface area contributed by atoms with Crippen LogP contribution in [0, 0.1) is 0 Å². The van der Waals surface area contributed by atoms with Crippen molar-refractivity contribution in [3.05, 3.63) is 57.9 Å². The first-order valence-corrected chi connectivity index (χ1v) is 7.18. The van der Waals surface area contributed by atoms with Crippen molar-refractivity contribution in [2.75, 3.05) is 0 Å². The fourth-order valence-corrected chi connectivity index (χ4v) is 2.36. The molecule has 1 aromatic carbocycles. The zero-order chi connectivity index (χ0) is 15.2. The SMILES string of the molecule is CCCCCc1[nH]c(-c2ccccc2)cc(=O)c1C(=O)O. The summed E-state index contributed by atoms with van der Waals surface area (Å²) in [5.74, 6) is -1.16. The number of aryl methyl sites for hydroxylation is 1. The van der Waals surface area contributed by atoms with Crippen LogP contribution in [0.4, 0.5) is 0 Å². The highest BCUT2D eigenvalue weighted by Crippen LogP contribution is 2.17. The van der Waals surface area contributed by atoms with Crippen molar-refractivity contribution in [3.63, 3.8) is 0 Å². The Morgan fingerprint density at radius 3 is 2.52 bits per heavy atom. The van der Waals surface area contributed by atoms with E-state index in [0.717, 1.165) is 24.8 Å². The number of H-pyrrole nitrogens is 1. The number of pyridine rings is 1. The quantitative estimate of drug-likeness (QED) is 0.798. The topological polar surface area (TPSA) is 70.2 Å². The third kappa shape index (κ3) is 3.60. The average molecular weight is 285 g/mol. The lowest BCUT2D eigenvalue weighted by Gasteiger charge is -2.09. The van der Waals surface area contributed by atoms with Crippen molar-refractivity contribution in [2.24, 2.45) is 0 Å². The van der Waals surface area contributed by atoms with Gasteiger partial charge in [0.15, 0.2) is 5.43 Å². The maximum absolute atomic E-state index is 12.1. The number of carboxylic acid groups (broad SMARTS) is 1. The molecule has 4 heteroatoms. The Hall–Kier alpha value is -2.36. The normalized spacial score (nSPS) is 10.5. The summed E-state index contributed by atoms with van der Waals surface area (Å²) in [6.45, 7) is 2.08. The van der Waals surface area contributed by atoms with Gasteiger partial charge in [-0.25, -0.2) is 4.79 Å². The predicted octanol–water partition coefficient (Wildman–Crippen LogP) is 3.47. The summed E-state index contributed by atoms with van der Waals surface area (Å²) in [5.41, 5.74) is 1.49. The minimum atomic E-state index is -1.16. The largest absolute Gasteiger partial charge is 0.477 e. The standard InChI is InChI=1S/C17H19NO3/c1-2-3-5-10-13-16(17(20)21)15(19)11-14(18-13)12-8-6-4-7-9-12/h4,6-9,11H,2-3,5,10H2,1H3,(H,18,19)(H,20,21). The molecule has 110 valence electrons. The Labute approximate surface area is 123 Å². The van der Waals surface area contributed by atoms with Crippen molar-refractivity contribution in [2.45, 2.75) is 32.6 Å². The van der Waals surface area contributed by atoms with Gasteiger partial charge < -0.3 is 10.1 Å². The molecular formula is C17H19NO3. The Kier molecular flexibility index (Phi) is 4.93. The van der Waals surface area contributed by atoms with Crippen molar-refractivity contribution in [1.29, 1.82) is 0 Å². The molecule has 0 aliphatic heterocycles. The van der Waals surface area contributed by atoms with Crippen LogP contribution in [0.3, 0.4) is 0 Å². The predicted molar refractivity (Wildman–Crippen MR) is 82.7 cm³/mol. The Morgan fingerprint density at radius 2 is 1.90 bits per heavy atom. The molecule has 0 saturated carbocycles. The molecular weight excluding hydrogens is 266 g/mol. The molecule has 0 aliphatic rings. The summed E-state index contributed by atoms with van der Waals surface area (Å²) in [4.78, 5) is 26.5. The number of hydrogen-bond donors (Lipinski definition) is 2. The molecule has 2 rings (SSSR count). The van der Waals surface area contributed by atoms with Gasteiger partial charge in [-0.05, 0) is 18.4 Å².